The summed E-state index contributed by atoms with van der Waals surface area (Å²) in [7, 11) is 1.61. The first-order valence-corrected chi connectivity index (χ1v) is 8.65. The molecule has 0 unspecified atom stereocenters. The molecule has 1 aliphatic rings. The number of aryl methyl sites for hydroxylation is 1. The highest BCUT2D eigenvalue weighted by Crippen LogP contribution is 2.16. The molecule has 6 heteroatoms. The third kappa shape index (κ3) is 4.33. The van der Waals surface area contributed by atoms with Gasteiger partial charge in [-0.15, -0.1) is 0 Å². The van der Waals surface area contributed by atoms with Gasteiger partial charge in [0.15, 0.2) is 0 Å². The van der Waals surface area contributed by atoms with Crippen LogP contribution in [0.3, 0.4) is 0 Å². The number of hydrogen-bond acceptors (Lipinski definition) is 5. The van der Waals surface area contributed by atoms with Crippen molar-refractivity contribution in [2.45, 2.75) is 19.9 Å². The van der Waals surface area contributed by atoms with Gasteiger partial charge in [-0.2, -0.15) is 0 Å². The van der Waals surface area contributed by atoms with Crippen LogP contribution in [0.5, 0.6) is 5.75 Å². The van der Waals surface area contributed by atoms with Crippen molar-refractivity contribution in [3.8, 4) is 5.75 Å². The molecular formula is C19H24N4O2. The van der Waals surface area contributed by atoms with Crippen molar-refractivity contribution in [1.82, 2.24) is 19.8 Å². The standard InChI is InChI=1S/C19H24N4O2/c1-3-18-20-12-15(13-21-18)14-22-7-9-23(10-8-22)19(24)16-5-4-6-17(11-16)25-2/h4-6,11-13H,3,7-10,14H2,1-2H3. The minimum atomic E-state index is 0.0641. The summed E-state index contributed by atoms with van der Waals surface area (Å²) in [4.78, 5) is 25.6. The molecule has 132 valence electrons. The number of amides is 1. The molecule has 1 fully saturated rings. The third-order valence-electron chi connectivity index (χ3n) is 4.46. The van der Waals surface area contributed by atoms with E-state index in [0.717, 1.165) is 50.5 Å². The predicted octanol–water partition coefficient (Wildman–Crippen LogP) is 2.01. The van der Waals surface area contributed by atoms with Gasteiger partial charge in [-0.3, -0.25) is 9.69 Å². The minimum Gasteiger partial charge on any atom is -0.497 e. The van der Waals surface area contributed by atoms with E-state index in [1.54, 1.807) is 13.2 Å². The summed E-state index contributed by atoms with van der Waals surface area (Å²) in [6.07, 6.45) is 4.66. The van der Waals surface area contributed by atoms with Gasteiger partial charge in [0.1, 0.15) is 11.6 Å². The van der Waals surface area contributed by atoms with Crippen molar-refractivity contribution in [3.63, 3.8) is 0 Å². The second-order valence-corrected chi connectivity index (χ2v) is 6.16. The zero-order chi connectivity index (χ0) is 17.6. The zero-order valence-corrected chi connectivity index (χ0v) is 14.8. The van der Waals surface area contributed by atoms with Crippen molar-refractivity contribution in [3.05, 3.63) is 53.6 Å². The number of carbonyl (C=O) groups is 1. The summed E-state index contributed by atoms with van der Waals surface area (Å²) in [5.41, 5.74) is 1.79. The Balaban J connectivity index is 1.54. The van der Waals surface area contributed by atoms with Gasteiger partial charge < -0.3 is 9.64 Å². The molecule has 1 saturated heterocycles. The second kappa shape index (κ2) is 8.07. The van der Waals surface area contributed by atoms with Crippen LogP contribution >= 0.6 is 0 Å². The van der Waals surface area contributed by atoms with Crippen LogP contribution in [0, 0.1) is 0 Å². The number of carbonyl (C=O) groups excluding carboxylic acids is 1. The molecule has 0 N–H and O–H groups in total. The first-order valence-electron chi connectivity index (χ1n) is 8.65. The zero-order valence-electron chi connectivity index (χ0n) is 14.8. The minimum absolute atomic E-state index is 0.0641. The lowest BCUT2D eigenvalue weighted by Gasteiger charge is -2.34. The smallest absolute Gasteiger partial charge is 0.254 e. The van der Waals surface area contributed by atoms with E-state index in [0.29, 0.717) is 11.3 Å². The molecule has 25 heavy (non-hydrogen) atoms. The summed E-state index contributed by atoms with van der Waals surface area (Å²) in [6, 6.07) is 7.33. The maximum absolute atomic E-state index is 12.6. The molecule has 2 heterocycles. The van der Waals surface area contributed by atoms with Crippen LogP contribution in [-0.4, -0.2) is 59.0 Å². The molecular weight excluding hydrogens is 316 g/mol. The number of ether oxygens (including phenoxy) is 1. The summed E-state index contributed by atoms with van der Waals surface area (Å²) in [5, 5.41) is 0. The predicted molar refractivity (Wildman–Crippen MR) is 95.6 cm³/mol. The van der Waals surface area contributed by atoms with Crippen molar-refractivity contribution in [2.24, 2.45) is 0 Å². The van der Waals surface area contributed by atoms with E-state index in [4.69, 9.17) is 4.74 Å². The Kier molecular flexibility index (Phi) is 5.60. The lowest BCUT2D eigenvalue weighted by Crippen LogP contribution is -2.48. The lowest BCUT2D eigenvalue weighted by atomic mass is 10.1. The Bertz CT molecular complexity index is 710. The van der Waals surface area contributed by atoms with E-state index in [1.165, 1.54) is 0 Å². The monoisotopic (exact) mass is 340 g/mol. The van der Waals surface area contributed by atoms with E-state index in [1.807, 2.05) is 42.4 Å². The molecule has 3 rings (SSSR count). The first kappa shape index (κ1) is 17.4. The molecule has 1 amide bonds. The maximum Gasteiger partial charge on any atom is 0.254 e. The average molecular weight is 340 g/mol. The fraction of sp³-hybridized carbons (Fsp3) is 0.421. The lowest BCUT2D eigenvalue weighted by molar-refractivity contribution is 0.0628. The van der Waals surface area contributed by atoms with Crippen LogP contribution in [0.15, 0.2) is 36.7 Å². The van der Waals surface area contributed by atoms with E-state index >= 15 is 0 Å². The number of nitrogens with zero attached hydrogens (tertiary/aromatic N) is 4. The maximum atomic E-state index is 12.6. The highest BCUT2D eigenvalue weighted by molar-refractivity contribution is 5.94. The van der Waals surface area contributed by atoms with Gasteiger partial charge in [-0.1, -0.05) is 13.0 Å². The molecule has 0 bridgehead atoms. The largest absolute Gasteiger partial charge is 0.497 e. The Labute approximate surface area is 148 Å². The molecule has 6 nitrogen and oxygen atoms in total. The number of hydrogen-bond donors (Lipinski definition) is 0. The van der Waals surface area contributed by atoms with E-state index in [-0.39, 0.29) is 5.91 Å². The van der Waals surface area contributed by atoms with Crippen LogP contribution in [0.1, 0.15) is 28.7 Å². The van der Waals surface area contributed by atoms with Crippen molar-refractivity contribution >= 4 is 5.91 Å². The van der Waals surface area contributed by atoms with Gasteiger partial charge >= 0.3 is 0 Å². The molecule has 0 spiro atoms. The summed E-state index contributed by atoms with van der Waals surface area (Å²) >= 11 is 0. The number of benzene rings is 1. The van der Waals surface area contributed by atoms with Crippen LogP contribution in [0.25, 0.3) is 0 Å². The highest BCUT2D eigenvalue weighted by atomic mass is 16.5. The van der Waals surface area contributed by atoms with Gasteiger partial charge in [0, 0.05) is 62.7 Å². The fourth-order valence-corrected chi connectivity index (χ4v) is 2.95. The van der Waals surface area contributed by atoms with Gasteiger partial charge in [0.2, 0.25) is 0 Å². The van der Waals surface area contributed by atoms with Gasteiger partial charge in [-0.25, -0.2) is 9.97 Å². The van der Waals surface area contributed by atoms with Crippen molar-refractivity contribution in [2.75, 3.05) is 33.3 Å². The van der Waals surface area contributed by atoms with E-state index in [9.17, 15) is 4.79 Å². The van der Waals surface area contributed by atoms with Crippen LogP contribution < -0.4 is 4.74 Å². The molecule has 0 radical (unpaired) electrons. The van der Waals surface area contributed by atoms with Crippen LogP contribution in [0.2, 0.25) is 0 Å². The Morgan fingerprint density at radius 1 is 1.16 bits per heavy atom. The molecule has 1 aliphatic heterocycles. The molecule has 0 saturated carbocycles. The molecule has 0 aliphatic carbocycles. The number of rotatable bonds is 5. The molecule has 1 aromatic heterocycles. The second-order valence-electron chi connectivity index (χ2n) is 6.16. The SMILES string of the molecule is CCc1ncc(CN2CCN(C(=O)c3cccc(OC)c3)CC2)cn1. The number of aromatic nitrogens is 2. The van der Waals surface area contributed by atoms with E-state index < -0.39 is 0 Å². The summed E-state index contributed by atoms with van der Waals surface area (Å²) in [6.45, 7) is 6.03. The van der Waals surface area contributed by atoms with Crippen molar-refractivity contribution < 1.29 is 9.53 Å². The average Bonchev–Trinajstić information content (AvgIpc) is 2.68. The summed E-state index contributed by atoms with van der Waals surface area (Å²) < 4.78 is 5.20. The number of piperazine rings is 1. The Morgan fingerprint density at radius 2 is 1.88 bits per heavy atom. The Hall–Kier alpha value is -2.47. The third-order valence-corrected chi connectivity index (χ3v) is 4.46. The van der Waals surface area contributed by atoms with Gasteiger partial charge in [-0.05, 0) is 18.2 Å². The fourth-order valence-electron chi connectivity index (χ4n) is 2.95. The molecule has 0 atom stereocenters. The highest BCUT2D eigenvalue weighted by Gasteiger charge is 2.22. The van der Waals surface area contributed by atoms with Crippen LogP contribution in [0.4, 0.5) is 0 Å². The van der Waals surface area contributed by atoms with Gasteiger partial charge in [0.05, 0.1) is 7.11 Å². The summed E-state index contributed by atoms with van der Waals surface area (Å²) in [5.74, 6) is 1.65. The first-order chi connectivity index (χ1) is 12.2. The van der Waals surface area contributed by atoms with Crippen molar-refractivity contribution in [1.29, 1.82) is 0 Å². The Morgan fingerprint density at radius 3 is 2.52 bits per heavy atom. The van der Waals surface area contributed by atoms with Crippen LogP contribution in [-0.2, 0) is 13.0 Å². The van der Waals surface area contributed by atoms with E-state index in [2.05, 4.69) is 14.9 Å². The normalized spacial score (nSPS) is 15.2. The molecule has 1 aromatic carbocycles. The topological polar surface area (TPSA) is 58.6 Å². The molecule has 2 aromatic rings. The number of methoxy groups -OCH3 is 1. The van der Waals surface area contributed by atoms with Gasteiger partial charge in [0.25, 0.3) is 5.91 Å². The quantitative estimate of drug-likeness (QED) is 0.833.